The molecule has 0 aliphatic rings. The van der Waals surface area contributed by atoms with Crippen LogP contribution in [0.5, 0.6) is 5.88 Å². The summed E-state index contributed by atoms with van der Waals surface area (Å²) in [5.74, 6) is 0.539. The van der Waals surface area contributed by atoms with Gasteiger partial charge in [-0.05, 0) is 25.5 Å². The molecule has 1 unspecified atom stereocenters. The Labute approximate surface area is 148 Å². The van der Waals surface area contributed by atoms with E-state index in [1.807, 2.05) is 56.3 Å². The lowest BCUT2D eigenvalue weighted by atomic mass is 10.1. The first-order valence-corrected chi connectivity index (χ1v) is 8.30. The second-order valence-corrected chi connectivity index (χ2v) is 5.83. The molecule has 6 nitrogen and oxygen atoms in total. The Bertz CT molecular complexity index is 662. The van der Waals surface area contributed by atoms with Crippen molar-refractivity contribution in [3.05, 3.63) is 59.8 Å². The van der Waals surface area contributed by atoms with Crippen LogP contribution in [0.25, 0.3) is 0 Å². The van der Waals surface area contributed by atoms with Crippen molar-refractivity contribution >= 4 is 6.03 Å². The largest absolute Gasteiger partial charge is 0.475 e. The van der Waals surface area contributed by atoms with Gasteiger partial charge in [0, 0.05) is 32.0 Å². The topological polar surface area (TPSA) is 72.5 Å². The zero-order valence-corrected chi connectivity index (χ0v) is 14.9. The van der Waals surface area contributed by atoms with Gasteiger partial charge in [-0.3, -0.25) is 0 Å². The zero-order chi connectivity index (χ0) is 18.1. The molecule has 2 rings (SSSR count). The molecule has 0 bridgehead atoms. The number of ether oxygens (including phenoxy) is 2. The van der Waals surface area contributed by atoms with Gasteiger partial charge in [-0.25, -0.2) is 9.78 Å². The summed E-state index contributed by atoms with van der Waals surface area (Å²) in [5.41, 5.74) is 1.85. The van der Waals surface area contributed by atoms with Crippen LogP contribution in [0.4, 0.5) is 4.79 Å². The lowest BCUT2D eigenvalue weighted by Crippen LogP contribution is -2.37. The molecule has 0 fully saturated rings. The molecule has 1 aromatic heterocycles. The van der Waals surface area contributed by atoms with Crippen LogP contribution in [0.2, 0.25) is 0 Å². The number of carbonyl (C=O) groups excluding carboxylic acids is 1. The number of nitrogens with zero attached hydrogens (tertiary/aromatic N) is 1. The Balaban J connectivity index is 1.85. The van der Waals surface area contributed by atoms with E-state index in [1.54, 1.807) is 13.3 Å². The number of methoxy groups -OCH3 is 1. The number of rotatable bonds is 8. The van der Waals surface area contributed by atoms with Gasteiger partial charge in [-0.2, -0.15) is 0 Å². The molecule has 0 saturated heterocycles. The Morgan fingerprint density at radius 2 is 1.88 bits per heavy atom. The Morgan fingerprint density at radius 1 is 1.12 bits per heavy atom. The quantitative estimate of drug-likeness (QED) is 0.773. The summed E-state index contributed by atoms with van der Waals surface area (Å²) in [4.78, 5) is 16.3. The van der Waals surface area contributed by atoms with Gasteiger partial charge in [-0.15, -0.1) is 0 Å². The van der Waals surface area contributed by atoms with Crippen molar-refractivity contribution in [3.63, 3.8) is 0 Å². The highest BCUT2D eigenvalue weighted by Gasteiger charge is 2.12. The third-order valence-corrected chi connectivity index (χ3v) is 3.54. The number of carbonyl (C=O) groups is 1. The van der Waals surface area contributed by atoms with Gasteiger partial charge < -0.3 is 20.1 Å². The standard InChI is InChI=1S/C19H25N3O3/c1-14(2)25-18-16(10-7-11-20-18)12-21-19(23)22-13-17(24-3)15-8-5-4-6-9-15/h4-11,14,17H,12-13H2,1-3H3,(H2,21,22,23). The second-order valence-electron chi connectivity index (χ2n) is 5.83. The first-order chi connectivity index (χ1) is 12.1. The summed E-state index contributed by atoms with van der Waals surface area (Å²) in [6, 6.07) is 13.2. The summed E-state index contributed by atoms with van der Waals surface area (Å²) in [7, 11) is 1.63. The van der Waals surface area contributed by atoms with Crippen LogP contribution in [0, 0.1) is 0 Å². The molecule has 0 spiro atoms. The number of urea groups is 1. The minimum Gasteiger partial charge on any atom is -0.475 e. The number of hydrogen-bond acceptors (Lipinski definition) is 4. The third kappa shape index (κ3) is 6.08. The fourth-order valence-electron chi connectivity index (χ4n) is 2.32. The molecule has 0 saturated carbocycles. The van der Waals surface area contributed by atoms with E-state index in [4.69, 9.17) is 9.47 Å². The first kappa shape index (κ1) is 18.7. The van der Waals surface area contributed by atoms with Crippen molar-refractivity contribution < 1.29 is 14.3 Å². The van der Waals surface area contributed by atoms with E-state index >= 15 is 0 Å². The van der Waals surface area contributed by atoms with Crippen LogP contribution in [0.1, 0.15) is 31.1 Å². The smallest absolute Gasteiger partial charge is 0.315 e. The number of pyridine rings is 1. The summed E-state index contributed by atoms with van der Waals surface area (Å²) in [6.07, 6.45) is 1.51. The average molecular weight is 343 g/mol. The number of amides is 2. The van der Waals surface area contributed by atoms with E-state index in [9.17, 15) is 4.79 Å². The maximum atomic E-state index is 12.1. The lowest BCUT2D eigenvalue weighted by molar-refractivity contribution is 0.104. The molecular weight excluding hydrogens is 318 g/mol. The lowest BCUT2D eigenvalue weighted by Gasteiger charge is -2.17. The monoisotopic (exact) mass is 343 g/mol. The Hall–Kier alpha value is -2.60. The fourth-order valence-corrected chi connectivity index (χ4v) is 2.32. The number of hydrogen-bond donors (Lipinski definition) is 2. The molecule has 0 aliphatic heterocycles. The van der Waals surface area contributed by atoms with E-state index in [1.165, 1.54) is 0 Å². The Kier molecular flexibility index (Phi) is 7.22. The summed E-state index contributed by atoms with van der Waals surface area (Å²) in [6.45, 7) is 4.60. The SMILES string of the molecule is COC(CNC(=O)NCc1cccnc1OC(C)C)c1ccccc1. The minimum absolute atomic E-state index is 0.0239. The van der Waals surface area contributed by atoms with E-state index in [0.29, 0.717) is 19.0 Å². The van der Waals surface area contributed by atoms with Crippen LogP contribution in [0.3, 0.4) is 0 Å². The second kappa shape index (κ2) is 9.64. The van der Waals surface area contributed by atoms with Crippen molar-refractivity contribution in [1.82, 2.24) is 15.6 Å². The Morgan fingerprint density at radius 3 is 2.56 bits per heavy atom. The van der Waals surface area contributed by atoms with E-state index in [-0.39, 0.29) is 18.2 Å². The number of nitrogens with one attached hydrogen (secondary N) is 2. The van der Waals surface area contributed by atoms with Crippen LogP contribution in [-0.4, -0.2) is 30.8 Å². The molecular formula is C19H25N3O3. The molecule has 2 amide bonds. The maximum Gasteiger partial charge on any atom is 0.315 e. The molecule has 1 heterocycles. The molecule has 134 valence electrons. The molecule has 2 N–H and O–H groups in total. The van der Waals surface area contributed by atoms with E-state index < -0.39 is 0 Å². The minimum atomic E-state index is -0.266. The third-order valence-electron chi connectivity index (χ3n) is 3.54. The van der Waals surface area contributed by atoms with Crippen molar-refractivity contribution in [1.29, 1.82) is 0 Å². The van der Waals surface area contributed by atoms with Crippen LogP contribution in [0.15, 0.2) is 48.7 Å². The van der Waals surface area contributed by atoms with Crippen molar-refractivity contribution in [3.8, 4) is 5.88 Å². The van der Waals surface area contributed by atoms with Gasteiger partial charge >= 0.3 is 6.03 Å². The van der Waals surface area contributed by atoms with Crippen LogP contribution in [-0.2, 0) is 11.3 Å². The predicted molar refractivity (Wildman–Crippen MR) is 96.4 cm³/mol. The molecule has 0 aliphatic carbocycles. The predicted octanol–water partition coefficient (Wildman–Crippen LogP) is 3.06. The van der Waals surface area contributed by atoms with Crippen molar-refractivity contribution in [2.24, 2.45) is 0 Å². The zero-order valence-electron chi connectivity index (χ0n) is 14.9. The van der Waals surface area contributed by atoms with Crippen LogP contribution < -0.4 is 15.4 Å². The highest BCUT2D eigenvalue weighted by Crippen LogP contribution is 2.16. The molecule has 25 heavy (non-hydrogen) atoms. The van der Waals surface area contributed by atoms with Gasteiger partial charge in [0.05, 0.1) is 12.2 Å². The van der Waals surface area contributed by atoms with Gasteiger partial charge in [0.2, 0.25) is 5.88 Å². The fraction of sp³-hybridized carbons (Fsp3) is 0.368. The van der Waals surface area contributed by atoms with E-state index in [2.05, 4.69) is 15.6 Å². The maximum absolute atomic E-state index is 12.1. The first-order valence-electron chi connectivity index (χ1n) is 8.30. The summed E-state index contributed by atoms with van der Waals surface area (Å²) in [5, 5.41) is 5.64. The molecule has 2 aromatic rings. The summed E-state index contributed by atoms with van der Waals surface area (Å²) >= 11 is 0. The summed E-state index contributed by atoms with van der Waals surface area (Å²) < 4.78 is 11.1. The van der Waals surface area contributed by atoms with Gasteiger partial charge in [0.15, 0.2) is 0 Å². The van der Waals surface area contributed by atoms with Crippen molar-refractivity contribution in [2.75, 3.05) is 13.7 Å². The van der Waals surface area contributed by atoms with Crippen molar-refractivity contribution in [2.45, 2.75) is 32.6 Å². The van der Waals surface area contributed by atoms with Gasteiger partial charge in [-0.1, -0.05) is 36.4 Å². The molecule has 6 heteroatoms. The van der Waals surface area contributed by atoms with Gasteiger partial charge in [0.25, 0.3) is 0 Å². The molecule has 0 radical (unpaired) electrons. The number of benzene rings is 1. The molecule has 1 atom stereocenters. The van der Waals surface area contributed by atoms with Gasteiger partial charge in [0.1, 0.15) is 0 Å². The normalized spacial score (nSPS) is 11.8. The number of aromatic nitrogens is 1. The highest BCUT2D eigenvalue weighted by atomic mass is 16.5. The van der Waals surface area contributed by atoms with Crippen LogP contribution >= 0.6 is 0 Å². The van der Waals surface area contributed by atoms with E-state index in [0.717, 1.165) is 11.1 Å². The average Bonchev–Trinajstić information content (AvgIpc) is 2.62. The molecule has 1 aromatic carbocycles. The highest BCUT2D eigenvalue weighted by molar-refractivity contribution is 5.73.